The standard InChI is InChI=1S/C43H66N4O8S2/c1-5-23(2)40(51)55-42(3)10-8-25-22-56-57-35-7-6-32(45-4)31-20-47(39(31)35)37(50)15-29-19-46-36(44)16-30(29)38(25)43(42)18-28-14-26-13-27(12-24(21-49)9-11-48)41(52)53-33(26)17-34(28)54-43/h5,8,24,26-36,38-39,45-46,48-49H,6-7,9-22,44H2,1-4H3. The molecule has 0 radical (unpaired) electrons. The number of aliphatic hydroxyl groups is 2. The van der Waals surface area contributed by atoms with Gasteiger partial charge in [-0.15, -0.1) is 0 Å². The molecule has 7 fully saturated rings. The maximum atomic E-state index is 14.5. The number of allylic oxidation sites excluding steroid dienone is 1. The summed E-state index contributed by atoms with van der Waals surface area (Å²) in [5.74, 6) is 0.721. The van der Waals surface area contributed by atoms with Gasteiger partial charge in [0.2, 0.25) is 5.91 Å². The average Bonchev–Trinajstić information content (AvgIpc) is 3.55. The molecule has 0 aromatic heterocycles. The van der Waals surface area contributed by atoms with E-state index < -0.39 is 11.2 Å². The summed E-state index contributed by atoms with van der Waals surface area (Å²) in [6, 6.07) is 0.693. The molecule has 6 N–H and O–H groups in total. The van der Waals surface area contributed by atoms with Gasteiger partial charge in [0.1, 0.15) is 17.3 Å². The van der Waals surface area contributed by atoms with Crippen LogP contribution in [0.15, 0.2) is 23.3 Å². The van der Waals surface area contributed by atoms with E-state index in [0.29, 0.717) is 80.7 Å². The number of ether oxygens (including phenoxy) is 3. The highest BCUT2D eigenvalue weighted by atomic mass is 33.1. The Morgan fingerprint density at radius 1 is 1.16 bits per heavy atom. The summed E-state index contributed by atoms with van der Waals surface area (Å²) in [4.78, 5) is 43.9. The zero-order valence-electron chi connectivity index (χ0n) is 34.2. The number of amides is 1. The molecule has 5 aliphatic heterocycles. The second-order valence-corrected chi connectivity index (χ2v) is 21.6. The van der Waals surface area contributed by atoms with E-state index in [-0.39, 0.29) is 96.9 Å². The fraction of sp³-hybridized carbons (Fsp3) is 0.837. The topological polar surface area (TPSA) is 173 Å². The first kappa shape index (κ1) is 42.1. The van der Waals surface area contributed by atoms with Crippen molar-refractivity contribution in [1.29, 1.82) is 0 Å². The van der Waals surface area contributed by atoms with Crippen LogP contribution in [0.5, 0.6) is 0 Å². The molecular weight excluding hydrogens is 765 g/mol. The zero-order chi connectivity index (χ0) is 40.2. The number of hydrogen-bond acceptors (Lipinski definition) is 13. The lowest BCUT2D eigenvalue weighted by molar-refractivity contribution is -0.229. The molecule has 0 bridgehead atoms. The third kappa shape index (κ3) is 7.67. The van der Waals surface area contributed by atoms with Crippen LogP contribution < -0.4 is 16.4 Å². The summed E-state index contributed by atoms with van der Waals surface area (Å²) in [7, 11) is 5.91. The summed E-state index contributed by atoms with van der Waals surface area (Å²) in [6.07, 6.45) is 11.0. The van der Waals surface area contributed by atoms with Gasteiger partial charge in [-0.25, -0.2) is 4.79 Å². The number of carbonyl (C=O) groups excluding carboxylic acids is 3. The lowest BCUT2D eigenvalue weighted by Gasteiger charge is -2.59. The Hall–Kier alpha value is -1.65. The molecule has 3 aliphatic carbocycles. The molecule has 14 heteroatoms. The van der Waals surface area contributed by atoms with Gasteiger partial charge in [-0.05, 0) is 109 Å². The van der Waals surface area contributed by atoms with Crippen LogP contribution in [0.2, 0.25) is 0 Å². The average molecular weight is 831 g/mol. The van der Waals surface area contributed by atoms with E-state index >= 15 is 0 Å². The van der Waals surface area contributed by atoms with Crippen LogP contribution in [0.1, 0.15) is 91.4 Å². The van der Waals surface area contributed by atoms with Gasteiger partial charge in [0.15, 0.2) is 0 Å². The molecule has 2 saturated carbocycles. The summed E-state index contributed by atoms with van der Waals surface area (Å²) in [5, 5.41) is 27.0. The highest BCUT2D eigenvalue weighted by Crippen LogP contribution is 2.62. The SMILES string of the molecule is CC=C(C)C(=O)OC1(C)CC=C2CSSC3CCC(NC)C4CN(C(=O)CC5CNC(N)CC5C2C12CC1CC5CC(CC(CO)CCO)C(=O)OC5CC1O2)C34. The van der Waals surface area contributed by atoms with E-state index in [1.54, 1.807) is 13.0 Å². The highest BCUT2D eigenvalue weighted by molar-refractivity contribution is 8.77. The van der Waals surface area contributed by atoms with Crippen molar-refractivity contribution in [2.45, 2.75) is 138 Å². The second-order valence-electron chi connectivity index (χ2n) is 18.9. The fourth-order valence-electron chi connectivity index (χ4n) is 12.7. The smallest absolute Gasteiger partial charge is 0.334 e. The van der Waals surface area contributed by atoms with Crippen molar-refractivity contribution >= 4 is 39.4 Å². The van der Waals surface area contributed by atoms with Crippen molar-refractivity contribution in [3.63, 3.8) is 0 Å². The predicted molar refractivity (Wildman–Crippen MR) is 221 cm³/mol. The molecule has 0 aromatic rings. The van der Waals surface area contributed by atoms with E-state index in [1.807, 2.05) is 28.5 Å². The van der Waals surface area contributed by atoms with Crippen molar-refractivity contribution in [2.75, 3.05) is 39.1 Å². The van der Waals surface area contributed by atoms with Crippen LogP contribution >= 0.6 is 21.6 Å². The third-order valence-electron chi connectivity index (χ3n) is 15.9. The number of piperidine rings is 1. The monoisotopic (exact) mass is 830 g/mol. The second kappa shape index (κ2) is 17.0. The Morgan fingerprint density at radius 2 is 1.98 bits per heavy atom. The molecule has 1 spiro atoms. The zero-order valence-corrected chi connectivity index (χ0v) is 35.9. The summed E-state index contributed by atoms with van der Waals surface area (Å²) in [6.45, 7) is 7.07. The van der Waals surface area contributed by atoms with Gasteiger partial charge in [0.05, 0.1) is 24.2 Å². The minimum atomic E-state index is -0.997. The molecule has 57 heavy (non-hydrogen) atoms. The number of nitrogens with two attached hydrogens (primary N) is 1. The number of esters is 2. The van der Waals surface area contributed by atoms with Gasteiger partial charge in [0.25, 0.3) is 0 Å². The lowest BCUT2D eigenvalue weighted by atomic mass is 9.56. The minimum absolute atomic E-state index is 0.0125. The first-order chi connectivity index (χ1) is 27.4. The summed E-state index contributed by atoms with van der Waals surface area (Å²) in [5.41, 5.74) is 6.78. The van der Waals surface area contributed by atoms with Crippen molar-refractivity contribution < 1.29 is 38.8 Å². The lowest BCUT2D eigenvalue weighted by Crippen LogP contribution is -2.70. The van der Waals surface area contributed by atoms with E-state index in [0.717, 1.165) is 31.6 Å². The maximum Gasteiger partial charge on any atom is 0.334 e. The normalized spacial score (nSPS) is 45.0. The van der Waals surface area contributed by atoms with Gasteiger partial charge in [-0.2, -0.15) is 0 Å². The number of aliphatic hydroxyl groups excluding tert-OH is 2. The quantitative estimate of drug-likeness (QED) is 0.103. The number of rotatable bonds is 8. The summed E-state index contributed by atoms with van der Waals surface area (Å²) >= 11 is 0. The van der Waals surface area contributed by atoms with Crippen molar-refractivity contribution in [1.82, 2.24) is 15.5 Å². The molecule has 8 aliphatic rings. The van der Waals surface area contributed by atoms with Crippen LogP contribution in [0, 0.1) is 47.3 Å². The van der Waals surface area contributed by atoms with Crippen LogP contribution in [0.3, 0.4) is 0 Å². The van der Waals surface area contributed by atoms with Crippen molar-refractivity contribution in [3.8, 4) is 0 Å². The number of nitrogens with zero attached hydrogens (tertiary/aromatic N) is 1. The first-order valence-electron chi connectivity index (χ1n) is 21.8. The number of hydrogen-bond donors (Lipinski definition) is 5. The molecule has 8 rings (SSSR count). The highest BCUT2D eigenvalue weighted by Gasteiger charge is 2.68. The Balaban J connectivity index is 1.15. The Kier molecular flexibility index (Phi) is 12.6. The van der Waals surface area contributed by atoms with Crippen LogP contribution in [0.25, 0.3) is 0 Å². The van der Waals surface area contributed by atoms with Crippen LogP contribution in [-0.2, 0) is 28.6 Å². The fourth-order valence-corrected chi connectivity index (χ4v) is 15.8. The molecule has 318 valence electrons. The van der Waals surface area contributed by atoms with Gasteiger partial charge in [-0.1, -0.05) is 39.3 Å². The Labute approximate surface area is 346 Å². The number of nitrogens with one attached hydrogen (secondary N) is 2. The van der Waals surface area contributed by atoms with Gasteiger partial charge in [0, 0.05) is 80.0 Å². The van der Waals surface area contributed by atoms with Crippen LogP contribution in [0.4, 0.5) is 0 Å². The Morgan fingerprint density at radius 3 is 2.74 bits per heavy atom. The maximum absolute atomic E-state index is 14.5. The molecule has 5 heterocycles. The number of fused-ring (bicyclic) bond motifs is 6. The molecule has 1 amide bonds. The molecule has 16 unspecified atom stereocenters. The van der Waals surface area contributed by atoms with E-state index in [2.05, 4.69) is 35.6 Å². The van der Waals surface area contributed by atoms with Crippen molar-refractivity contribution in [3.05, 3.63) is 23.3 Å². The summed E-state index contributed by atoms with van der Waals surface area (Å²) < 4.78 is 20.6. The number of carbonyl (C=O) groups is 3. The molecular formula is C43H66N4O8S2. The van der Waals surface area contributed by atoms with E-state index in [4.69, 9.17) is 19.9 Å². The molecule has 0 aromatic carbocycles. The molecule has 12 nitrogen and oxygen atoms in total. The van der Waals surface area contributed by atoms with Gasteiger partial charge in [-0.3, -0.25) is 9.59 Å². The molecule has 5 saturated heterocycles. The predicted octanol–water partition coefficient (Wildman–Crippen LogP) is 3.94. The van der Waals surface area contributed by atoms with Crippen LogP contribution in [-0.4, -0.2) is 119 Å². The molecule has 16 atom stereocenters. The van der Waals surface area contributed by atoms with E-state index in [1.165, 1.54) is 5.57 Å². The van der Waals surface area contributed by atoms with Gasteiger partial charge >= 0.3 is 11.9 Å². The Bertz CT molecular complexity index is 1600. The van der Waals surface area contributed by atoms with E-state index in [9.17, 15) is 24.6 Å². The largest absolute Gasteiger partial charge is 0.462 e. The van der Waals surface area contributed by atoms with Crippen molar-refractivity contribution in [2.24, 2.45) is 53.1 Å². The third-order valence-corrected chi connectivity index (χ3v) is 18.7. The minimum Gasteiger partial charge on any atom is -0.462 e. The van der Waals surface area contributed by atoms with Gasteiger partial charge < -0.3 is 45.7 Å². The first-order valence-corrected chi connectivity index (χ1v) is 24.2.